The van der Waals surface area contributed by atoms with Crippen LogP contribution in [0.4, 0.5) is 5.82 Å². The second-order valence-corrected chi connectivity index (χ2v) is 4.31. The maximum atomic E-state index is 11.6. The van der Waals surface area contributed by atoms with Crippen LogP contribution in [0.1, 0.15) is 11.3 Å². The molecule has 1 N–H and O–H groups in total. The Morgan fingerprint density at radius 1 is 1.56 bits per heavy atom. The van der Waals surface area contributed by atoms with Crippen molar-refractivity contribution in [2.24, 2.45) is 0 Å². The van der Waals surface area contributed by atoms with Gasteiger partial charge in [-0.2, -0.15) is 0 Å². The van der Waals surface area contributed by atoms with Crippen molar-refractivity contribution in [1.82, 2.24) is 9.55 Å². The lowest BCUT2D eigenvalue weighted by atomic mass is 10.2. The molecule has 0 amide bonds. The molecule has 0 aliphatic rings. The van der Waals surface area contributed by atoms with E-state index in [2.05, 4.69) is 10.3 Å². The van der Waals surface area contributed by atoms with Crippen LogP contribution in [-0.4, -0.2) is 16.6 Å². The zero-order valence-corrected chi connectivity index (χ0v) is 10.0. The van der Waals surface area contributed by atoms with Crippen LogP contribution in [-0.2, 0) is 6.54 Å². The minimum Gasteiger partial charge on any atom is -0.373 e. The van der Waals surface area contributed by atoms with E-state index in [0.29, 0.717) is 6.54 Å². The fourth-order valence-corrected chi connectivity index (χ4v) is 2.29. The molecule has 2 heterocycles. The standard InChI is InChI=1S/C11H13N3OS/c1-8-7-16-11(15)14(8)6-9-4-3-5-13-10(9)12-2/h3-5,7H,6H2,1-2H3,(H,12,13). The number of nitrogens with one attached hydrogen (secondary N) is 1. The molecule has 0 spiro atoms. The van der Waals surface area contributed by atoms with E-state index in [1.807, 2.05) is 31.5 Å². The molecule has 0 atom stereocenters. The highest BCUT2D eigenvalue weighted by Crippen LogP contribution is 2.13. The van der Waals surface area contributed by atoms with E-state index in [-0.39, 0.29) is 4.87 Å². The molecule has 2 aromatic heterocycles. The molecular weight excluding hydrogens is 222 g/mol. The van der Waals surface area contributed by atoms with Crippen molar-refractivity contribution in [3.8, 4) is 0 Å². The molecule has 0 aliphatic carbocycles. The van der Waals surface area contributed by atoms with Gasteiger partial charge in [-0.15, -0.1) is 0 Å². The number of nitrogens with zero attached hydrogens (tertiary/aromatic N) is 2. The van der Waals surface area contributed by atoms with Gasteiger partial charge in [0.2, 0.25) is 0 Å². The molecule has 0 bridgehead atoms. The number of pyridine rings is 1. The molecule has 0 radical (unpaired) electrons. The summed E-state index contributed by atoms with van der Waals surface area (Å²) in [5.41, 5.74) is 2.01. The summed E-state index contributed by atoms with van der Waals surface area (Å²) in [7, 11) is 1.83. The first-order valence-electron chi connectivity index (χ1n) is 4.99. The average Bonchev–Trinajstić information content (AvgIpc) is 2.61. The molecule has 2 rings (SSSR count). The van der Waals surface area contributed by atoms with Gasteiger partial charge in [0.05, 0.1) is 6.54 Å². The molecule has 2 aromatic rings. The molecule has 4 nitrogen and oxygen atoms in total. The number of anilines is 1. The van der Waals surface area contributed by atoms with Gasteiger partial charge in [-0.3, -0.25) is 9.36 Å². The van der Waals surface area contributed by atoms with Crippen molar-refractivity contribution in [1.29, 1.82) is 0 Å². The Kier molecular flexibility index (Phi) is 3.05. The zero-order chi connectivity index (χ0) is 11.5. The summed E-state index contributed by atoms with van der Waals surface area (Å²) in [6.07, 6.45) is 1.73. The van der Waals surface area contributed by atoms with Crippen molar-refractivity contribution in [2.45, 2.75) is 13.5 Å². The van der Waals surface area contributed by atoms with Crippen molar-refractivity contribution in [3.63, 3.8) is 0 Å². The van der Waals surface area contributed by atoms with Crippen LogP contribution in [0.3, 0.4) is 0 Å². The third-order valence-corrected chi connectivity index (χ3v) is 3.31. The predicted molar refractivity (Wildman–Crippen MR) is 66.2 cm³/mol. The summed E-state index contributed by atoms with van der Waals surface area (Å²) in [6, 6.07) is 3.85. The normalized spacial score (nSPS) is 10.4. The molecular formula is C11H13N3OS. The molecule has 16 heavy (non-hydrogen) atoms. The van der Waals surface area contributed by atoms with E-state index in [1.165, 1.54) is 11.3 Å². The third-order valence-electron chi connectivity index (χ3n) is 2.43. The van der Waals surface area contributed by atoms with Crippen LogP contribution in [0.2, 0.25) is 0 Å². The van der Waals surface area contributed by atoms with Gasteiger partial charge >= 0.3 is 4.87 Å². The number of rotatable bonds is 3. The molecule has 0 saturated heterocycles. The molecule has 5 heteroatoms. The minimum atomic E-state index is 0.0726. The Labute approximate surface area is 97.6 Å². The molecule has 0 aliphatic heterocycles. The van der Waals surface area contributed by atoms with Gasteiger partial charge in [-0.05, 0) is 13.0 Å². The zero-order valence-electron chi connectivity index (χ0n) is 9.23. The van der Waals surface area contributed by atoms with Gasteiger partial charge in [0.15, 0.2) is 0 Å². The average molecular weight is 235 g/mol. The second kappa shape index (κ2) is 4.49. The van der Waals surface area contributed by atoms with E-state index >= 15 is 0 Å². The SMILES string of the molecule is CNc1ncccc1Cn1c(C)csc1=O. The largest absolute Gasteiger partial charge is 0.373 e. The highest BCUT2D eigenvalue weighted by Gasteiger charge is 2.06. The van der Waals surface area contributed by atoms with E-state index in [0.717, 1.165) is 17.1 Å². The fourth-order valence-electron chi connectivity index (χ4n) is 1.56. The number of aromatic nitrogens is 2. The lowest BCUT2D eigenvalue weighted by Crippen LogP contribution is -2.16. The summed E-state index contributed by atoms with van der Waals surface area (Å²) in [5, 5.41) is 4.90. The lowest BCUT2D eigenvalue weighted by molar-refractivity contribution is 0.753. The monoisotopic (exact) mass is 235 g/mol. The first-order valence-corrected chi connectivity index (χ1v) is 5.87. The van der Waals surface area contributed by atoms with Crippen LogP contribution in [0.15, 0.2) is 28.5 Å². The van der Waals surface area contributed by atoms with Crippen LogP contribution in [0, 0.1) is 6.92 Å². The van der Waals surface area contributed by atoms with Crippen LogP contribution in [0.5, 0.6) is 0 Å². The van der Waals surface area contributed by atoms with Crippen molar-refractivity contribution in [2.75, 3.05) is 12.4 Å². The third kappa shape index (κ3) is 1.99. The Morgan fingerprint density at radius 2 is 2.38 bits per heavy atom. The molecule has 0 saturated carbocycles. The van der Waals surface area contributed by atoms with Gasteiger partial charge in [0.1, 0.15) is 5.82 Å². The molecule has 0 aromatic carbocycles. The fraction of sp³-hybridized carbons (Fsp3) is 0.273. The van der Waals surface area contributed by atoms with Gasteiger partial charge in [-0.1, -0.05) is 17.4 Å². The molecule has 84 valence electrons. The number of thiazole rings is 1. The summed E-state index contributed by atoms with van der Waals surface area (Å²) in [4.78, 5) is 15.9. The first kappa shape index (κ1) is 10.9. The summed E-state index contributed by atoms with van der Waals surface area (Å²) < 4.78 is 1.75. The van der Waals surface area contributed by atoms with Crippen molar-refractivity contribution < 1.29 is 0 Å². The molecule has 0 fully saturated rings. The molecule has 0 unspecified atom stereocenters. The Balaban J connectivity index is 2.37. The Bertz CT molecular complexity index is 544. The van der Waals surface area contributed by atoms with Crippen LogP contribution in [0.25, 0.3) is 0 Å². The summed E-state index contributed by atoms with van der Waals surface area (Å²) >= 11 is 1.23. The maximum absolute atomic E-state index is 11.6. The highest BCUT2D eigenvalue weighted by atomic mass is 32.1. The highest BCUT2D eigenvalue weighted by molar-refractivity contribution is 7.07. The van der Waals surface area contributed by atoms with E-state index < -0.39 is 0 Å². The second-order valence-electron chi connectivity index (χ2n) is 3.49. The van der Waals surface area contributed by atoms with Gasteiger partial charge in [0.25, 0.3) is 0 Å². The quantitative estimate of drug-likeness (QED) is 0.881. The van der Waals surface area contributed by atoms with Crippen LogP contribution < -0.4 is 10.2 Å². The van der Waals surface area contributed by atoms with Crippen molar-refractivity contribution >= 4 is 17.2 Å². The number of aryl methyl sites for hydroxylation is 1. The van der Waals surface area contributed by atoms with Gasteiger partial charge < -0.3 is 5.32 Å². The number of hydrogen-bond acceptors (Lipinski definition) is 4. The maximum Gasteiger partial charge on any atom is 0.307 e. The first-order chi connectivity index (χ1) is 7.72. The Morgan fingerprint density at radius 3 is 3.00 bits per heavy atom. The predicted octanol–water partition coefficient (Wildman–Crippen LogP) is 1.70. The van der Waals surface area contributed by atoms with E-state index in [1.54, 1.807) is 10.8 Å². The number of hydrogen-bond donors (Lipinski definition) is 1. The van der Waals surface area contributed by atoms with Crippen molar-refractivity contribution in [3.05, 3.63) is 44.6 Å². The lowest BCUT2D eigenvalue weighted by Gasteiger charge is -2.08. The topological polar surface area (TPSA) is 46.9 Å². The van der Waals surface area contributed by atoms with Gasteiger partial charge in [0, 0.05) is 29.9 Å². The van der Waals surface area contributed by atoms with E-state index in [9.17, 15) is 4.79 Å². The van der Waals surface area contributed by atoms with Crippen LogP contribution >= 0.6 is 11.3 Å². The van der Waals surface area contributed by atoms with E-state index in [4.69, 9.17) is 0 Å². The summed E-state index contributed by atoms with van der Waals surface area (Å²) in [6.45, 7) is 2.51. The minimum absolute atomic E-state index is 0.0726. The van der Waals surface area contributed by atoms with Gasteiger partial charge in [-0.25, -0.2) is 4.98 Å². The summed E-state index contributed by atoms with van der Waals surface area (Å²) in [5.74, 6) is 0.819. The Hall–Kier alpha value is -1.62. The smallest absolute Gasteiger partial charge is 0.307 e.